The van der Waals surface area contributed by atoms with Crippen LogP contribution >= 0.6 is 0 Å². The lowest BCUT2D eigenvalue weighted by atomic mass is 11.9. The Bertz CT molecular complexity index is 230. The highest BCUT2D eigenvalue weighted by Crippen LogP contribution is 1.74. The maximum absolute atomic E-state index is 5.00. The molecule has 0 atom stereocenters. The predicted octanol–water partition coefficient (Wildman–Crippen LogP) is 0.319. The summed E-state index contributed by atoms with van der Waals surface area (Å²) in [7, 11) is -1.00. The summed E-state index contributed by atoms with van der Waals surface area (Å²) in [5, 5.41) is 0. The average Bonchev–Trinajstić information content (AvgIpc) is 1.31. The van der Waals surface area contributed by atoms with Gasteiger partial charge in [0.25, 0.3) is 0 Å². The molecule has 0 aromatic heterocycles. The summed E-state index contributed by atoms with van der Waals surface area (Å²) in [4.78, 5) is 0. The van der Waals surface area contributed by atoms with Crippen molar-refractivity contribution in [3.63, 3.8) is 0 Å². The van der Waals surface area contributed by atoms with E-state index >= 15 is 0 Å². The van der Waals surface area contributed by atoms with E-state index in [4.69, 9.17) is 33.6 Å². The van der Waals surface area contributed by atoms with Crippen LogP contribution in [0.15, 0.2) is 0 Å². The average molecular weight is 190 g/mol. The third kappa shape index (κ3) is 3.78. The van der Waals surface area contributed by atoms with Gasteiger partial charge in [0.15, 0.2) is 0 Å². The predicted molar refractivity (Wildman–Crippen MR) is 48.7 cm³/mol. The van der Waals surface area contributed by atoms with E-state index in [1.165, 1.54) is 0 Å². The van der Waals surface area contributed by atoms with Gasteiger partial charge in [-0.1, -0.05) is 7.15 Å². The summed E-state index contributed by atoms with van der Waals surface area (Å²) in [6.45, 7) is -0.368. The lowest BCUT2D eigenvalue weighted by Crippen LogP contribution is -1.86. The van der Waals surface area contributed by atoms with E-state index in [1.807, 2.05) is 12.5 Å². The van der Waals surface area contributed by atoms with Gasteiger partial charge >= 0.3 is 0 Å². The van der Waals surface area contributed by atoms with Gasteiger partial charge in [0.2, 0.25) is 0 Å². The van der Waals surface area contributed by atoms with E-state index in [9.17, 15) is 0 Å². The molecule has 0 unspecified atom stereocenters. The van der Waals surface area contributed by atoms with Crippen LogP contribution in [0.3, 0.4) is 0 Å². The summed E-state index contributed by atoms with van der Waals surface area (Å²) in [5.74, 6) is 0. The largest absolute Gasteiger partial charge is 0.0947 e. The number of rotatable bonds is 0. The molecule has 44 valence electrons. The monoisotopic (exact) mass is 190 g/mol. The molecule has 0 bridgehead atoms. The van der Waals surface area contributed by atoms with Crippen LogP contribution in [0.25, 0.3) is 0 Å². The van der Waals surface area contributed by atoms with Crippen LogP contribution in [0.2, 0.25) is 0 Å². The maximum atomic E-state index is 5.00. The van der Waals surface area contributed by atoms with Gasteiger partial charge in [-0.25, -0.2) is 0 Å². The second-order valence-corrected chi connectivity index (χ2v) is 14.6. The van der Waals surface area contributed by atoms with Crippen molar-refractivity contribution in [3.8, 4) is 0 Å². The molecule has 0 spiro atoms. The second-order valence-electron chi connectivity index (χ2n) is 1.35. The molecule has 0 radical (unpaired) electrons. The summed E-state index contributed by atoms with van der Waals surface area (Å²) in [5.41, 5.74) is 0. The highest BCUT2D eigenvalue weighted by Gasteiger charge is 1.74. The second kappa shape index (κ2) is 2.68. The van der Waals surface area contributed by atoms with Crippen molar-refractivity contribution in [2.45, 2.75) is 0 Å². The molecular weight excluding hydrogens is 184 g/mol. The molecule has 0 N–H and O–H groups in total. The SMILES string of the molecule is CS(C)(=S)=S(=S)=S. The molecule has 0 heterocycles. The zero-order chi connectivity index (χ0) is 6.08. The Kier molecular flexibility index (Phi) is 3.15. The van der Waals surface area contributed by atoms with Gasteiger partial charge < -0.3 is 0 Å². The first kappa shape index (κ1) is 8.23. The molecule has 7 heavy (non-hydrogen) atoms. The van der Waals surface area contributed by atoms with E-state index in [0.717, 1.165) is 0 Å². The third-order valence-corrected chi connectivity index (χ3v) is 11.8. The lowest BCUT2D eigenvalue weighted by molar-refractivity contribution is 2.34. The maximum Gasteiger partial charge on any atom is -0.00514 e. The number of hydrogen-bond acceptors (Lipinski definition) is 3. The van der Waals surface area contributed by atoms with Crippen LogP contribution in [-0.4, -0.2) is 12.5 Å². The van der Waals surface area contributed by atoms with E-state index in [-0.39, 0.29) is 6.57 Å². The van der Waals surface area contributed by atoms with Crippen LogP contribution in [-0.2, 0) is 47.3 Å². The Hall–Kier alpha value is 1.23. The lowest BCUT2D eigenvalue weighted by Gasteiger charge is -1.85. The molecule has 0 rings (SSSR count). The highest BCUT2D eigenvalue weighted by molar-refractivity contribution is 8.77. The minimum absolute atomic E-state index is 0.368. The smallest absolute Gasteiger partial charge is 0.00514 e. The molecule has 0 amide bonds. The van der Waals surface area contributed by atoms with Gasteiger partial charge in [0.1, 0.15) is 0 Å². The minimum Gasteiger partial charge on any atom is -0.0947 e. The van der Waals surface area contributed by atoms with E-state index < -0.39 is 7.15 Å². The van der Waals surface area contributed by atoms with Gasteiger partial charge in [0, 0.05) is 0 Å². The Morgan fingerprint density at radius 1 is 1.29 bits per heavy atom. The van der Waals surface area contributed by atoms with Crippen molar-refractivity contribution in [1.82, 2.24) is 0 Å². The summed E-state index contributed by atoms with van der Waals surface area (Å²) in [6, 6.07) is 0. The Labute approximate surface area is 59.5 Å². The Balaban J connectivity index is 5.63. The summed E-state index contributed by atoms with van der Waals surface area (Å²) < 4.78 is 0. The molecule has 0 saturated carbocycles. The van der Waals surface area contributed by atoms with E-state index in [0.29, 0.717) is 0 Å². The van der Waals surface area contributed by atoms with Crippen LogP contribution < -0.4 is 0 Å². The number of hydrogen-bond donors (Lipinski definition) is 0. The highest BCUT2D eigenvalue weighted by atomic mass is 33.4. The molecule has 0 aromatic rings. The quantitative estimate of drug-likeness (QED) is 0.540. The van der Waals surface area contributed by atoms with Crippen LogP contribution in [0.5, 0.6) is 0 Å². The fourth-order valence-corrected chi connectivity index (χ4v) is 0. The Morgan fingerprint density at radius 3 is 1.43 bits per heavy atom. The van der Waals surface area contributed by atoms with Crippen LogP contribution in [0, 0.1) is 0 Å². The first-order valence-electron chi connectivity index (χ1n) is 1.48. The molecule has 0 aliphatic rings. The van der Waals surface area contributed by atoms with Gasteiger partial charge in [-0.05, 0) is 52.6 Å². The minimum atomic E-state index is -1.00. The van der Waals surface area contributed by atoms with Gasteiger partial charge in [-0.3, -0.25) is 0 Å². The van der Waals surface area contributed by atoms with Crippen molar-refractivity contribution < 1.29 is 0 Å². The molecular formula is C2H6S5. The fourth-order valence-electron chi connectivity index (χ4n) is 0. The first-order chi connectivity index (χ1) is 2.94. The first-order valence-corrected chi connectivity index (χ1v) is 8.45. The van der Waals surface area contributed by atoms with Crippen molar-refractivity contribution in [1.29, 1.82) is 0 Å². The molecule has 0 fully saturated rings. The standard InChI is InChI=1S/C2H6S5/c1-7(2,5)6(3)4/h1-2H3. The van der Waals surface area contributed by atoms with E-state index in [2.05, 4.69) is 0 Å². The molecule has 0 aliphatic heterocycles. The fraction of sp³-hybridized carbons (Fsp3) is 1.00. The van der Waals surface area contributed by atoms with Crippen molar-refractivity contribution >= 4 is 47.3 Å². The summed E-state index contributed by atoms with van der Waals surface area (Å²) in [6.07, 6.45) is 3.93. The normalized spacial score (nSPS) is 11.1. The van der Waals surface area contributed by atoms with E-state index in [1.54, 1.807) is 0 Å². The van der Waals surface area contributed by atoms with Gasteiger partial charge in [-0.15, -0.1) is 0 Å². The van der Waals surface area contributed by atoms with Crippen molar-refractivity contribution in [3.05, 3.63) is 0 Å². The molecule has 0 aliphatic carbocycles. The van der Waals surface area contributed by atoms with Crippen LogP contribution in [0.4, 0.5) is 0 Å². The van der Waals surface area contributed by atoms with Crippen molar-refractivity contribution in [2.24, 2.45) is 0 Å². The molecule has 5 heteroatoms. The third-order valence-electron chi connectivity index (χ3n) is 0.328. The topological polar surface area (TPSA) is 0 Å². The van der Waals surface area contributed by atoms with Gasteiger partial charge in [0.05, 0.1) is 0 Å². The summed E-state index contributed by atoms with van der Waals surface area (Å²) >= 11 is 14.6. The van der Waals surface area contributed by atoms with Crippen molar-refractivity contribution in [2.75, 3.05) is 12.5 Å². The Morgan fingerprint density at radius 2 is 1.43 bits per heavy atom. The zero-order valence-corrected chi connectivity index (χ0v) is 8.12. The van der Waals surface area contributed by atoms with Crippen LogP contribution in [0.1, 0.15) is 0 Å². The zero-order valence-electron chi connectivity index (χ0n) is 4.04. The molecule has 0 aromatic carbocycles. The van der Waals surface area contributed by atoms with Gasteiger partial charge in [-0.2, -0.15) is 0 Å². The molecule has 0 nitrogen and oxygen atoms in total. The molecule has 0 saturated heterocycles.